The van der Waals surface area contributed by atoms with Crippen LogP contribution in [0.1, 0.15) is 103 Å². The Kier molecular flexibility index (Phi) is 21.1. The molecule has 0 bridgehead atoms. The number of aliphatic hydroxyl groups excluding tert-OH is 2. The number of esters is 1. The van der Waals surface area contributed by atoms with E-state index in [4.69, 9.17) is 9.47 Å². The summed E-state index contributed by atoms with van der Waals surface area (Å²) in [6.45, 7) is 3.46. The van der Waals surface area contributed by atoms with Gasteiger partial charge >= 0.3 is 11.9 Å². The Morgan fingerprint density at radius 2 is 1.63 bits per heavy atom. The van der Waals surface area contributed by atoms with Crippen LogP contribution in [-0.2, 0) is 25.5 Å². The van der Waals surface area contributed by atoms with Crippen molar-refractivity contribution in [3.05, 3.63) is 42.0 Å². The number of methoxy groups -OCH3 is 1. The zero-order valence-corrected chi connectivity index (χ0v) is 27.8. The number of carbonyl (C=O) groups excluding carboxylic acids is 2. The third kappa shape index (κ3) is 15.7. The summed E-state index contributed by atoms with van der Waals surface area (Å²) in [5.41, 5.74) is -1.91. The molecule has 10 heteroatoms. The maximum atomic E-state index is 13.5. The minimum absolute atomic E-state index is 0.0446. The number of rotatable bonds is 25. The SMILES string of the molecule is CC#CCOc1ccc(C[C@H](NC(=O)[C@@H](C=CCCCCCCC(O)CCCCCCC)[C@@](O)(CCO)C(=O)O)C(=O)OC)cc1. The average molecular weight is 646 g/mol. The van der Waals surface area contributed by atoms with Crippen molar-refractivity contribution in [1.29, 1.82) is 0 Å². The average Bonchev–Trinajstić information content (AvgIpc) is 3.04. The third-order valence-corrected chi connectivity index (χ3v) is 7.94. The molecule has 1 unspecified atom stereocenters. The van der Waals surface area contributed by atoms with E-state index in [-0.39, 0.29) is 19.1 Å². The van der Waals surface area contributed by atoms with Gasteiger partial charge in [0, 0.05) is 19.4 Å². The first-order valence-electron chi connectivity index (χ1n) is 16.5. The molecule has 10 nitrogen and oxygen atoms in total. The number of ether oxygens (including phenoxy) is 2. The van der Waals surface area contributed by atoms with Gasteiger partial charge in [0.1, 0.15) is 18.4 Å². The molecular weight excluding hydrogens is 590 g/mol. The number of nitrogens with one attached hydrogen (secondary N) is 1. The molecule has 0 saturated carbocycles. The minimum atomic E-state index is -2.59. The molecule has 0 aromatic heterocycles. The number of amides is 1. The molecule has 1 amide bonds. The lowest BCUT2D eigenvalue weighted by Gasteiger charge is -2.30. The summed E-state index contributed by atoms with van der Waals surface area (Å²) < 4.78 is 10.4. The number of aliphatic carboxylic acids is 1. The van der Waals surface area contributed by atoms with E-state index in [2.05, 4.69) is 24.1 Å². The number of allylic oxidation sites excluding steroid dienone is 1. The summed E-state index contributed by atoms with van der Waals surface area (Å²) in [7, 11) is 1.18. The molecule has 0 aliphatic heterocycles. The highest BCUT2D eigenvalue weighted by molar-refractivity contribution is 5.92. The Hall–Kier alpha value is -3.39. The number of carbonyl (C=O) groups is 3. The van der Waals surface area contributed by atoms with Crippen molar-refractivity contribution >= 4 is 17.8 Å². The molecule has 5 N–H and O–H groups in total. The van der Waals surface area contributed by atoms with Crippen molar-refractivity contribution in [2.24, 2.45) is 5.92 Å². The van der Waals surface area contributed by atoms with Crippen LogP contribution in [0.2, 0.25) is 0 Å². The fourth-order valence-electron chi connectivity index (χ4n) is 5.13. The molecule has 258 valence electrons. The van der Waals surface area contributed by atoms with Crippen molar-refractivity contribution in [2.45, 2.75) is 121 Å². The Morgan fingerprint density at radius 1 is 1.00 bits per heavy atom. The normalized spacial score (nSPS) is 14.4. The van der Waals surface area contributed by atoms with Gasteiger partial charge < -0.3 is 35.2 Å². The van der Waals surface area contributed by atoms with Crippen LogP contribution in [0.5, 0.6) is 5.75 Å². The lowest BCUT2D eigenvalue weighted by Crippen LogP contribution is -2.55. The predicted molar refractivity (Wildman–Crippen MR) is 177 cm³/mol. The molecule has 4 atom stereocenters. The van der Waals surface area contributed by atoms with Crippen LogP contribution < -0.4 is 10.1 Å². The third-order valence-electron chi connectivity index (χ3n) is 7.94. The van der Waals surface area contributed by atoms with E-state index in [1.807, 2.05) is 0 Å². The summed E-state index contributed by atoms with van der Waals surface area (Å²) in [4.78, 5) is 38.2. The van der Waals surface area contributed by atoms with E-state index in [9.17, 15) is 34.8 Å². The summed E-state index contributed by atoms with van der Waals surface area (Å²) in [5, 5.41) is 43.1. The number of aliphatic hydroxyl groups is 3. The first-order chi connectivity index (χ1) is 22.1. The zero-order chi connectivity index (χ0) is 34.2. The Balaban J connectivity index is 2.82. The Bertz CT molecular complexity index is 1110. The van der Waals surface area contributed by atoms with Crippen molar-refractivity contribution in [3.63, 3.8) is 0 Å². The standard InChI is InChI=1S/C36H55NO9/c1-4-6-8-11-14-17-29(39)18-15-12-9-10-13-16-19-31(36(44,24-25-38)35(42)43)33(40)37-32(34(41)45-3)27-28-20-22-30(23-21-28)46-26-7-5-2/h16,19-23,29,31-32,38-39,44H,4,6,8-15,17-18,24-27H2,1-3H3,(H,37,40)(H,42,43)/t29?,31-,32+,36+/m1/s1. The number of benzene rings is 1. The Morgan fingerprint density at radius 3 is 2.20 bits per heavy atom. The largest absolute Gasteiger partial charge is 0.481 e. The van der Waals surface area contributed by atoms with E-state index in [0.29, 0.717) is 17.7 Å². The molecular formula is C36H55NO9. The summed E-state index contributed by atoms with van der Waals surface area (Å²) in [6.07, 6.45) is 13.7. The molecule has 0 fully saturated rings. The van der Waals surface area contributed by atoms with E-state index >= 15 is 0 Å². The number of hydrogen-bond donors (Lipinski definition) is 5. The molecule has 0 radical (unpaired) electrons. The summed E-state index contributed by atoms with van der Waals surface area (Å²) in [6, 6.07) is 5.70. The van der Waals surface area contributed by atoms with Gasteiger partial charge in [-0.1, -0.05) is 88.5 Å². The van der Waals surface area contributed by atoms with E-state index in [1.165, 1.54) is 32.4 Å². The van der Waals surface area contributed by atoms with Crippen LogP contribution in [-0.4, -0.2) is 76.3 Å². The number of carboxylic acids is 1. The number of carboxylic acid groups (broad SMARTS) is 1. The maximum Gasteiger partial charge on any atom is 0.336 e. The molecule has 0 spiro atoms. The highest BCUT2D eigenvalue weighted by Crippen LogP contribution is 2.25. The maximum absolute atomic E-state index is 13.5. The van der Waals surface area contributed by atoms with Crippen LogP contribution in [0.15, 0.2) is 36.4 Å². The van der Waals surface area contributed by atoms with Gasteiger partial charge in [0.15, 0.2) is 5.60 Å². The molecule has 0 aliphatic carbocycles. The zero-order valence-electron chi connectivity index (χ0n) is 27.8. The van der Waals surface area contributed by atoms with Crippen molar-refractivity contribution in [1.82, 2.24) is 5.32 Å². The summed E-state index contributed by atoms with van der Waals surface area (Å²) >= 11 is 0. The monoisotopic (exact) mass is 645 g/mol. The quantitative estimate of drug-likeness (QED) is 0.0438. The Labute approximate surface area is 274 Å². The predicted octanol–water partition coefficient (Wildman–Crippen LogP) is 4.72. The van der Waals surface area contributed by atoms with Crippen LogP contribution in [0.4, 0.5) is 0 Å². The fraction of sp³-hybridized carbons (Fsp3) is 0.639. The van der Waals surface area contributed by atoms with Crippen molar-refractivity contribution in [3.8, 4) is 17.6 Å². The van der Waals surface area contributed by atoms with Crippen LogP contribution in [0.25, 0.3) is 0 Å². The van der Waals surface area contributed by atoms with E-state index in [1.54, 1.807) is 37.3 Å². The highest BCUT2D eigenvalue weighted by Gasteiger charge is 2.47. The molecule has 0 heterocycles. The molecule has 46 heavy (non-hydrogen) atoms. The van der Waals surface area contributed by atoms with E-state index < -0.39 is 48.4 Å². The molecule has 0 aliphatic rings. The van der Waals surface area contributed by atoms with Gasteiger partial charge in [-0.25, -0.2) is 9.59 Å². The second-order valence-electron chi connectivity index (χ2n) is 11.6. The molecule has 1 aromatic carbocycles. The van der Waals surface area contributed by atoms with Crippen molar-refractivity contribution in [2.75, 3.05) is 20.3 Å². The van der Waals surface area contributed by atoms with Gasteiger partial charge in [-0.2, -0.15) is 0 Å². The minimum Gasteiger partial charge on any atom is -0.481 e. The van der Waals surface area contributed by atoms with Crippen molar-refractivity contribution < 1.29 is 44.3 Å². The van der Waals surface area contributed by atoms with Crippen LogP contribution >= 0.6 is 0 Å². The first-order valence-corrected chi connectivity index (χ1v) is 16.5. The number of unbranched alkanes of at least 4 members (excludes halogenated alkanes) is 8. The van der Waals surface area contributed by atoms with E-state index in [0.717, 1.165) is 51.4 Å². The molecule has 1 rings (SSSR count). The number of hydrogen-bond acceptors (Lipinski definition) is 8. The molecule has 1 aromatic rings. The molecule has 0 saturated heterocycles. The lowest BCUT2D eigenvalue weighted by molar-refractivity contribution is -0.168. The van der Waals surface area contributed by atoms with Crippen LogP contribution in [0, 0.1) is 17.8 Å². The second-order valence-corrected chi connectivity index (χ2v) is 11.6. The first kappa shape index (κ1) is 40.6. The fourth-order valence-corrected chi connectivity index (χ4v) is 5.13. The van der Waals surface area contributed by atoms with Gasteiger partial charge in [0.05, 0.1) is 19.1 Å². The van der Waals surface area contributed by atoms with Gasteiger partial charge in [-0.05, 0) is 50.3 Å². The summed E-state index contributed by atoms with van der Waals surface area (Å²) in [5.74, 6) is 1.26. The van der Waals surface area contributed by atoms with Gasteiger partial charge in [0.2, 0.25) is 5.91 Å². The smallest absolute Gasteiger partial charge is 0.336 e. The van der Waals surface area contributed by atoms with Gasteiger partial charge in [0.25, 0.3) is 0 Å². The second kappa shape index (κ2) is 23.9. The van der Waals surface area contributed by atoms with Crippen LogP contribution in [0.3, 0.4) is 0 Å². The van der Waals surface area contributed by atoms with Gasteiger partial charge in [-0.3, -0.25) is 4.79 Å². The topological polar surface area (TPSA) is 163 Å². The highest BCUT2D eigenvalue weighted by atomic mass is 16.5. The van der Waals surface area contributed by atoms with Gasteiger partial charge in [-0.15, -0.1) is 5.92 Å². The lowest BCUT2D eigenvalue weighted by atomic mass is 9.83.